The number of hydrogen-bond acceptors (Lipinski definition) is 7. The Morgan fingerprint density at radius 1 is 1.16 bits per heavy atom. The van der Waals surface area contributed by atoms with E-state index in [9.17, 15) is 14.4 Å². The van der Waals surface area contributed by atoms with Crippen LogP contribution in [0.5, 0.6) is 0 Å². The van der Waals surface area contributed by atoms with Crippen molar-refractivity contribution in [3.63, 3.8) is 0 Å². The molecule has 2 amide bonds. The molecule has 3 N–H and O–H groups in total. The number of nitrogens with one attached hydrogen (secondary N) is 2. The van der Waals surface area contributed by atoms with E-state index in [4.69, 9.17) is 5.11 Å². The molecule has 0 aliphatic rings. The van der Waals surface area contributed by atoms with Gasteiger partial charge >= 0.3 is 5.97 Å². The van der Waals surface area contributed by atoms with E-state index in [1.165, 1.54) is 11.3 Å². The molecule has 2 rings (SSSR count). The minimum atomic E-state index is -1.24. The molecule has 10 heteroatoms. The number of carboxylic acid groups (broad SMARTS) is 1. The average molecular weight is 363 g/mol. The lowest BCUT2D eigenvalue weighted by atomic mass is 10.0. The average Bonchev–Trinajstić information content (AvgIpc) is 3.06. The third kappa shape index (κ3) is 5.31. The number of aromatic carboxylic acids is 1. The first-order valence-corrected chi connectivity index (χ1v) is 8.31. The summed E-state index contributed by atoms with van der Waals surface area (Å²) in [5.74, 6) is -2.07. The highest BCUT2D eigenvalue weighted by Gasteiger charge is 2.24. The van der Waals surface area contributed by atoms with Gasteiger partial charge < -0.3 is 15.7 Å². The molecular weight excluding hydrogens is 346 g/mol. The second-order valence-electron chi connectivity index (χ2n) is 5.57. The van der Waals surface area contributed by atoms with E-state index in [1.54, 1.807) is 11.6 Å². The topological polar surface area (TPSA) is 134 Å². The minimum Gasteiger partial charge on any atom is -0.476 e. The molecule has 0 radical (unpaired) electrons. The summed E-state index contributed by atoms with van der Waals surface area (Å²) in [5, 5.41) is 16.2. The molecule has 0 aliphatic carbocycles. The van der Waals surface area contributed by atoms with Crippen molar-refractivity contribution in [1.82, 2.24) is 20.3 Å². The van der Waals surface area contributed by atoms with Gasteiger partial charge in [0.05, 0.1) is 12.4 Å². The van der Waals surface area contributed by atoms with E-state index in [-0.39, 0.29) is 23.2 Å². The van der Waals surface area contributed by atoms with Crippen molar-refractivity contribution < 1.29 is 19.5 Å². The van der Waals surface area contributed by atoms with Crippen LogP contribution in [0, 0.1) is 5.92 Å². The van der Waals surface area contributed by atoms with Gasteiger partial charge in [-0.05, 0) is 12.3 Å². The Morgan fingerprint density at radius 3 is 2.36 bits per heavy atom. The van der Waals surface area contributed by atoms with Crippen molar-refractivity contribution in [2.75, 3.05) is 5.32 Å². The van der Waals surface area contributed by atoms with Crippen molar-refractivity contribution in [2.24, 2.45) is 5.92 Å². The van der Waals surface area contributed by atoms with Gasteiger partial charge in [0, 0.05) is 11.6 Å². The maximum Gasteiger partial charge on any atom is 0.356 e. The van der Waals surface area contributed by atoms with Crippen LogP contribution in [0.4, 0.5) is 5.13 Å². The lowest BCUT2D eigenvalue weighted by molar-refractivity contribution is -0.118. The van der Waals surface area contributed by atoms with Crippen LogP contribution in [0.2, 0.25) is 0 Å². The highest BCUT2D eigenvalue weighted by molar-refractivity contribution is 7.13. The second kappa shape index (κ2) is 8.29. The molecule has 2 heterocycles. The number of carbonyl (C=O) groups excluding carboxylic acids is 2. The monoisotopic (exact) mass is 363 g/mol. The Hall–Kier alpha value is -2.88. The number of carbonyl (C=O) groups is 3. The molecule has 25 heavy (non-hydrogen) atoms. The molecule has 1 atom stereocenters. The zero-order valence-electron chi connectivity index (χ0n) is 13.6. The van der Waals surface area contributed by atoms with E-state index in [0.717, 1.165) is 12.4 Å². The summed E-state index contributed by atoms with van der Waals surface area (Å²) < 4.78 is 0. The molecule has 0 saturated carbocycles. The fourth-order valence-electron chi connectivity index (χ4n) is 1.97. The predicted octanol–water partition coefficient (Wildman–Crippen LogP) is 1.41. The maximum absolute atomic E-state index is 12.4. The van der Waals surface area contributed by atoms with E-state index in [1.807, 2.05) is 13.8 Å². The lowest BCUT2D eigenvalue weighted by Crippen LogP contribution is -2.44. The smallest absolute Gasteiger partial charge is 0.356 e. The molecule has 2 aromatic rings. The van der Waals surface area contributed by atoms with Crippen LogP contribution in [-0.4, -0.2) is 43.9 Å². The van der Waals surface area contributed by atoms with Crippen LogP contribution in [0.1, 0.15) is 41.2 Å². The summed E-state index contributed by atoms with van der Waals surface area (Å²) in [7, 11) is 0. The quantitative estimate of drug-likeness (QED) is 0.677. The van der Waals surface area contributed by atoms with Gasteiger partial charge in [0.25, 0.3) is 5.91 Å². The summed E-state index contributed by atoms with van der Waals surface area (Å²) in [6.45, 7) is 3.86. The number of carboxylic acids is 1. The Balaban J connectivity index is 2.08. The number of nitrogens with zero attached hydrogens (tertiary/aromatic N) is 3. The van der Waals surface area contributed by atoms with Gasteiger partial charge in [0.15, 0.2) is 10.8 Å². The van der Waals surface area contributed by atoms with Gasteiger partial charge in [-0.3, -0.25) is 9.59 Å². The fourth-order valence-corrected chi connectivity index (χ4v) is 2.50. The Morgan fingerprint density at radius 2 is 1.84 bits per heavy atom. The third-order valence-electron chi connectivity index (χ3n) is 3.09. The van der Waals surface area contributed by atoms with Crippen molar-refractivity contribution in [2.45, 2.75) is 26.3 Å². The number of amides is 2. The molecule has 0 bridgehead atoms. The van der Waals surface area contributed by atoms with Gasteiger partial charge in [0.1, 0.15) is 11.7 Å². The lowest BCUT2D eigenvalue weighted by Gasteiger charge is -2.19. The molecule has 0 saturated heterocycles. The van der Waals surface area contributed by atoms with Crippen molar-refractivity contribution in [3.8, 4) is 0 Å². The number of aromatic nitrogens is 3. The van der Waals surface area contributed by atoms with E-state index < -0.39 is 17.9 Å². The zero-order valence-corrected chi connectivity index (χ0v) is 14.4. The summed E-state index contributed by atoms with van der Waals surface area (Å²) in [6, 6.07) is -0.780. The number of hydrogen-bond donors (Lipinski definition) is 3. The Bertz CT molecular complexity index is 746. The number of rotatable bonds is 7. The highest BCUT2D eigenvalue weighted by Crippen LogP contribution is 2.13. The molecule has 132 valence electrons. The summed E-state index contributed by atoms with van der Waals surface area (Å²) in [6.07, 6.45) is 4.04. The zero-order chi connectivity index (χ0) is 18.4. The van der Waals surface area contributed by atoms with Crippen LogP contribution in [0.3, 0.4) is 0 Å². The minimum absolute atomic E-state index is 0.0687. The first-order valence-electron chi connectivity index (χ1n) is 7.43. The number of thiazole rings is 1. The van der Waals surface area contributed by atoms with Crippen LogP contribution in [0.15, 0.2) is 24.0 Å². The van der Waals surface area contributed by atoms with Gasteiger partial charge in [0.2, 0.25) is 5.91 Å². The Kier molecular flexibility index (Phi) is 6.12. The Labute approximate surface area is 147 Å². The van der Waals surface area contributed by atoms with Gasteiger partial charge in [-0.15, -0.1) is 11.3 Å². The van der Waals surface area contributed by atoms with Crippen LogP contribution in [0.25, 0.3) is 0 Å². The molecule has 9 nitrogen and oxygen atoms in total. The first-order chi connectivity index (χ1) is 11.9. The maximum atomic E-state index is 12.4. The highest BCUT2D eigenvalue weighted by atomic mass is 32.1. The molecule has 1 unspecified atom stereocenters. The molecule has 0 aromatic carbocycles. The summed E-state index contributed by atoms with van der Waals surface area (Å²) >= 11 is 1.27. The number of anilines is 1. The molecule has 0 fully saturated rings. The van der Waals surface area contributed by atoms with Crippen molar-refractivity contribution >= 4 is 34.3 Å². The van der Waals surface area contributed by atoms with E-state index >= 15 is 0 Å². The molecule has 0 spiro atoms. The standard InChI is InChI=1S/C15H17N5O4S/c1-8(2)5-9(12(21)20-15-16-3-4-25-15)19-13(22)10-6-18-11(7-17-10)14(23)24/h3-4,6-9H,5H2,1-2H3,(H,19,22)(H,23,24)(H,16,20,21). The van der Waals surface area contributed by atoms with Crippen molar-refractivity contribution in [1.29, 1.82) is 0 Å². The molecule has 0 aliphatic heterocycles. The SMILES string of the molecule is CC(C)CC(NC(=O)c1cnc(C(=O)O)cn1)C(=O)Nc1nccs1. The largest absolute Gasteiger partial charge is 0.476 e. The third-order valence-corrected chi connectivity index (χ3v) is 3.78. The van der Waals surface area contributed by atoms with Gasteiger partial charge in [-0.1, -0.05) is 13.8 Å². The van der Waals surface area contributed by atoms with Crippen LogP contribution in [-0.2, 0) is 4.79 Å². The first kappa shape index (κ1) is 18.5. The van der Waals surface area contributed by atoms with E-state index in [0.29, 0.717) is 11.6 Å². The molecule has 2 aromatic heterocycles. The normalized spacial score (nSPS) is 11.8. The van der Waals surface area contributed by atoms with Gasteiger partial charge in [-0.25, -0.2) is 19.7 Å². The van der Waals surface area contributed by atoms with Crippen LogP contribution >= 0.6 is 11.3 Å². The van der Waals surface area contributed by atoms with E-state index in [2.05, 4.69) is 25.6 Å². The van der Waals surface area contributed by atoms with Crippen molar-refractivity contribution in [3.05, 3.63) is 35.4 Å². The second-order valence-corrected chi connectivity index (χ2v) is 6.47. The fraction of sp³-hybridized carbons (Fsp3) is 0.333. The van der Waals surface area contributed by atoms with Crippen LogP contribution < -0.4 is 10.6 Å². The summed E-state index contributed by atoms with van der Waals surface area (Å²) in [5.41, 5.74) is -0.336. The van der Waals surface area contributed by atoms with Gasteiger partial charge in [-0.2, -0.15) is 0 Å². The molecular formula is C15H17N5O4S. The predicted molar refractivity (Wildman–Crippen MR) is 90.4 cm³/mol. The summed E-state index contributed by atoms with van der Waals surface area (Å²) in [4.78, 5) is 46.8.